The van der Waals surface area contributed by atoms with Crippen LogP contribution in [0.2, 0.25) is 0 Å². The van der Waals surface area contributed by atoms with Gasteiger partial charge >= 0.3 is 6.18 Å². The van der Waals surface area contributed by atoms with E-state index in [-0.39, 0.29) is 18.4 Å². The Balaban J connectivity index is 1.86. The highest BCUT2D eigenvalue weighted by Gasteiger charge is 2.31. The molecule has 0 aromatic heterocycles. The first-order valence-corrected chi connectivity index (χ1v) is 11.4. The van der Waals surface area contributed by atoms with Crippen molar-refractivity contribution in [1.29, 1.82) is 0 Å². The number of halogens is 3. The van der Waals surface area contributed by atoms with E-state index >= 15 is 0 Å². The number of ether oxygens (including phenoxy) is 4. The van der Waals surface area contributed by atoms with Crippen LogP contribution in [0, 0.1) is 0 Å². The van der Waals surface area contributed by atoms with Gasteiger partial charge in [-0.05, 0) is 43.7 Å². The first-order chi connectivity index (χ1) is 17.2. The molecule has 3 rings (SSSR count). The number of benzene rings is 2. The van der Waals surface area contributed by atoms with Gasteiger partial charge in [-0.15, -0.1) is 0 Å². The minimum atomic E-state index is -4.51. The number of nitrogens with one attached hydrogen (secondary N) is 1. The Bertz CT molecular complexity index is 1100. The maximum Gasteiger partial charge on any atom is 0.416 e. The van der Waals surface area contributed by atoms with E-state index in [4.69, 9.17) is 24.7 Å². The molecule has 1 atom stereocenters. The third-order valence-corrected chi connectivity index (χ3v) is 5.49. The Morgan fingerprint density at radius 3 is 2.53 bits per heavy atom. The molecule has 0 bridgehead atoms. The van der Waals surface area contributed by atoms with Gasteiger partial charge in [0.15, 0.2) is 11.5 Å². The number of alkyl halides is 3. The van der Waals surface area contributed by atoms with Crippen LogP contribution >= 0.6 is 0 Å². The molecule has 36 heavy (non-hydrogen) atoms. The molecular weight excluding hydrogens is 477 g/mol. The molecule has 0 amide bonds. The highest BCUT2D eigenvalue weighted by Crippen LogP contribution is 2.36. The Hall–Kier alpha value is -3.31. The number of anilines is 1. The summed E-state index contributed by atoms with van der Waals surface area (Å²) in [5.41, 5.74) is 6.47. The van der Waals surface area contributed by atoms with E-state index in [1.165, 1.54) is 13.2 Å². The van der Waals surface area contributed by atoms with Gasteiger partial charge in [-0.2, -0.15) is 13.2 Å². The highest BCUT2D eigenvalue weighted by atomic mass is 19.4. The van der Waals surface area contributed by atoms with Crippen LogP contribution in [0.15, 0.2) is 40.3 Å². The van der Waals surface area contributed by atoms with Crippen molar-refractivity contribution in [3.05, 3.63) is 47.0 Å². The van der Waals surface area contributed by atoms with Crippen molar-refractivity contribution in [3.63, 3.8) is 0 Å². The van der Waals surface area contributed by atoms with Gasteiger partial charge in [0.1, 0.15) is 18.5 Å². The fourth-order valence-electron chi connectivity index (χ4n) is 3.58. The molecular formula is C25H31F3N4O4. The third kappa shape index (κ3) is 6.88. The average Bonchev–Trinajstić information content (AvgIpc) is 2.80. The smallest absolute Gasteiger partial charge is 0.416 e. The maximum atomic E-state index is 13.3. The number of rotatable bonds is 10. The molecule has 0 unspecified atom stereocenters. The van der Waals surface area contributed by atoms with Crippen molar-refractivity contribution in [2.24, 2.45) is 9.98 Å². The topological polar surface area (TPSA) is 99.7 Å². The van der Waals surface area contributed by atoms with Crippen LogP contribution in [-0.4, -0.2) is 58.7 Å². The standard InChI is InChI=1S/C25H31F3N4O4/c1-5-31-21-12-22(33-4)23(36-7-6-35-19-13-34-14-19)11-20(21)24(30-3)32-15(2)16-8-17(25(26,27)28)10-18(29)9-16/h5,8-12,15,19H,6-7,13-14,29H2,1-4H3,(H,30,32)/b31-5+/t15-/m1/s1. The normalized spacial score (nSPS) is 15.6. The van der Waals surface area contributed by atoms with Gasteiger partial charge in [0.25, 0.3) is 0 Å². The molecule has 1 aliphatic heterocycles. The van der Waals surface area contributed by atoms with Gasteiger partial charge in [-0.25, -0.2) is 0 Å². The summed E-state index contributed by atoms with van der Waals surface area (Å²) in [6.45, 7) is 5.32. The van der Waals surface area contributed by atoms with E-state index in [1.54, 1.807) is 39.2 Å². The molecule has 8 nitrogen and oxygen atoms in total. The molecule has 1 saturated heterocycles. The molecule has 2 aromatic carbocycles. The van der Waals surface area contributed by atoms with Crippen LogP contribution in [0.4, 0.5) is 24.5 Å². The summed E-state index contributed by atoms with van der Waals surface area (Å²) in [7, 11) is 3.10. The zero-order valence-corrected chi connectivity index (χ0v) is 20.7. The quantitative estimate of drug-likeness (QED) is 0.212. The van der Waals surface area contributed by atoms with Crippen molar-refractivity contribution in [2.75, 3.05) is 46.3 Å². The average molecular weight is 509 g/mol. The first kappa shape index (κ1) is 27.3. The van der Waals surface area contributed by atoms with E-state index in [2.05, 4.69) is 15.3 Å². The number of nitrogens with two attached hydrogens (primary N) is 1. The number of methoxy groups -OCH3 is 1. The number of amidine groups is 1. The molecule has 0 radical (unpaired) electrons. The van der Waals surface area contributed by atoms with E-state index in [0.29, 0.717) is 54.0 Å². The number of hydrogen-bond donors (Lipinski definition) is 2. The molecule has 196 valence electrons. The summed E-state index contributed by atoms with van der Waals surface area (Å²) in [5.74, 6) is 1.34. The monoisotopic (exact) mass is 508 g/mol. The van der Waals surface area contributed by atoms with Gasteiger partial charge < -0.3 is 30.0 Å². The lowest BCUT2D eigenvalue weighted by atomic mass is 10.0. The zero-order chi connectivity index (χ0) is 26.3. The van der Waals surface area contributed by atoms with Crippen LogP contribution in [0.25, 0.3) is 0 Å². The minimum absolute atomic E-state index is 0.0237. The van der Waals surface area contributed by atoms with Crippen molar-refractivity contribution in [1.82, 2.24) is 5.32 Å². The predicted octanol–water partition coefficient (Wildman–Crippen LogP) is 4.54. The van der Waals surface area contributed by atoms with Crippen LogP contribution in [0.3, 0.4) is 0 Å². The zero-order valence-electron chi connectivity index (χ0n) is 20.7. The summed E-state index contributed by atoms with van der Waals surface area (Å²) in [6, 6.07) is 6.38. The van der Waals surface area contributed by atoms with Crippen LogP contribution in [0.5, 0.6) is 11.5 Å². The van der Waals surface area contributed by atoms with E-state index in [0.717, 1.165) is 12.1 Å². The SMILES string of the molecule is C/C=N/c1cc(OC)c(OCCOC2COC2)cc1/C(=N\C)N[C@H](C)c1cc(N)cc(C(F)(F)F)c1. The second kappa shape index (κ2) is 12.1. The van der Waals surface area contributed by atoms with Crippen LogP contribution < -0.4 is 20.5 Å². The Labute approximate surface area is 208 Å². The molecule has 0 saturated carbocycles. The van der Waals surface area contributed by atoms with Gasteiger partial charge in [0.2, 0.25) is 0 Å². The molecule has 3 N–H and O–H groups in total. The first-order valence-electron chi connectivity index (χ1n) is 11.4. The molecule has 1 heterocycles. The van der Waals surface area contributed by atoms with Crippen LogP contribution in [0.1, 0.15) is 36.6 Å². The lowest BCUT2D eigenvalue weighted by molar-refractivity contribution is -0.137. The summed E-state index contributed by atoms with van der Waals surface area (Å²) >= 11 is 0. The minimum Gasteiger partial charge on any atom is -0.493 e. The summed E-state index contributed by atoms with van der Waals surface area (Å²) in [5, 5.41) is 3.18. The second-order valence-electron chi connectivity index (χ2n) is 8.11. The summed E-state index contributed by atoms with van der Waals surface area (Å²) in [6.07, 6.45) is -2.80. The number of nitrogens with zero attached hydrogens (tertiary/aromatic N) is 2. The van der Waals surface area contributed by atoms with Gasteiger partial charge in [-0.1, -0.05) is 0 Å². The van der Waals surface area contributed by atoms with E-state index < -0.39 is 17.8 Å². The molecule has 1 fully saturated rings. The molecule has 0 aliphatic carbocycles. The van der Waals surface area contributed by atoms with Crippen molar-refractivity contribution in [2.45, 2.75) is 32.2 Å². The third-order valence-electron chi connectivity index (χ3n) is 5.49. The lowest BCUT2D eigenvalue weighted by Gasteiger charge is -2.26. The van der Waals surface area contributed by atoms with Crippen molar-refractivity contribution >= 4 is 23.4 Å². The molecule has 0 spiro atoms. The Kier molecular flexibility index (Phi) is 9.16. The van der Waals surface area contributed by atoms with E-state index in [9.17, 15) is 13.2 Å². The second-order valence-corrected chi connectivity index (χ2v) is 8.11. The van der Waals surface area contributed by atoms with Crippen LogP contribution in [-0.2, 0) is 15.7 Å². The largest absolute Gasteiger partial charge is 0.493 e. The van der Waals surface area contributed by atoms with Crippen molar-refractivity contribution < 1.29 is 32.1 Å². The van der Waals surface area contributed by atoms with Gasteiger partial charge in [-0.3, -0.25) is 9.98 Å². The summed E-state index contributed by atoms with van der Waals surface area (Å²) < 4.78 is 62.0. The van der Waals surface area contributed by atoms with E-state index in [1.807, 2.05) is 0 Å². The fraction of sp³-hybridized carbons (Fsp3) is 0.440. The number of hydrogen-bond acceptors (Lipinski definition) is 7. The molecule has 11 heteroatoms. The molecule has 1 aliphatic rings. The lowest BCUT2D eigenvalue weighted by Crippen LogP contribution is -2.37. The number of nitrogen functional groups attached to an aromatic ring is 1. The number of aliphatic imine (C=N–C) groups is 2. The highest BCUT2D eigenvalue weighted by molar-refractivity contribution is 6.04. The predicted molar refractivity (Wildman–Crippen MR) is 133 cm³/mol. The Morgan fingerprint density at radius 1 is 1.19 bits per heavy atom. The summed E-state index contributed by atoms with van der Waals surface area (Å²) in [4.78, 5) is 8.75. The maximum absolute atomic E-state index is 13.3. The fourth-order valence-corrected chi connectivity index (χ4v) is 3.58. The molecule has 2 aromatic rings. The van der Waals surface area contributed by atoms with Crippen molar-refractivity contribution in [3.8, 4) is 11.5 Å². The van der Waals surface area contributed by atoms with Gasteiger partial charge in [0.05, 0.1) is 44.2 Å². The van der Waals surface area contributed by atoms with Gasteiger partial charge in [0, 0.05) is 30.6 Å². The Morgan fingerprint density at radius 2 is 1.94 bits per heavy atom.